The van der Waals surface area contributed by atoms with Gasteiger partial charge >= 0.3 is 0 Å². The number of hydrogen-bond acceptors (Lipinski definition) is 3. The molecule has 0 bridgehead atoms. The molecule has 2 nitrogen and oxygen atoms in total. The van der Waals surface area contributed by atoms with Crippen molar-refractivity contribution < 1.29 is 5.11 Å². The van der Waals surface area contributed by atoms with E-state index >= 15 is 0 Å². The molecular formula is C14H17NOS. The van der Waals surface area contributed by atoms with Gasteiger partial charge in [-0.1, -0.05) is 36.4 Å². The highest BCUT2D eigenvalue weighted by Gasteiger charge is 2.07. The first-order chi connectivity index (χ1) is 8.38. The number of rotatable bonds is 6. The van der Waals surface area contributed by atoms with Crippen molar-refractivity contribution in [1.29, 1.82) is 0 Å². The summed E-state index contributed by atoms with van der Waals surface area (Å²) in [6, 6.07) is 14.5. The van der Waals surface area contributed by atoms with Gasteiger partial charge < -0.3 is 10.4 Å². The fourth-order valence-electron chi connectivity index (χ4n) is 1.76. The van der Waals surface area contributed by atoms with Crippen molar-refractivity contribution in [3.63, 3.8) is 0 Å². The molecular weight excluding hydrogens is 230 g/mol. The second-order valence-electron chi connectivity index (χ2n) is 4.03. The zero-order chi connectivity index (χ0) is 11.9. The maximum absolute atomic E-state index is 9.36. The molecule has 3 heteroatoms. The fraction of sp³-hybridized carbons (Fsp3) is 0.286. The molecule has 1 aromatic heterocycles. The Kier molecular flexibility index (Phi) is 4.74. The van der Waals surface area contributed by atoms with Crippen LogP contribution in [0.25, 0.3) is 0 Å². The molecule has 1 heterocycles. The first-order valence-electron chi connectivity index (χ1n) is 5.79. The van der Waals surface area contributed by atoms with Gasteiger partial charge in [0.2, 0.25) is 0 Å². The minimum atomic E-state index is 0.125. The summed E-state index contributed by atoms with van der Waals surface area (Å²) in [5, 5.41) is 14.8. The fourth-order valence-corrected chi connectivity index (χ4v) is 2.41. The SMILES string of the molecule is OC[C@@H](Cc1ccccc1)NCc1cccs1. The largest absolute Gasteiger partial charge is 0.395 e. The minimum absolute atomic E-state index is 0.125. The molecule has 0 amide bonds. The Morgan fingerprint density at radius 1 is 1.12 bits per heavy atom. The van der Waals surface area contributed by atoms with Gasteiger partial charge in [0, 0.05) is 17.5 Å². The van der Waals surface area contributed by atoms with E-state index in [0.29, 0.717) is 0 Å². The molecule has 1 aromatic carbocycles. The first kappa shape index (κ1) is 12.3. The highest BCUT2D eigenvalue weighted by Crippen LogP contribution is 2.09. The molecule has 0 aliphatic heterocycles. The number of aliphatic hydroxyl groups is 1. The molecule has 0 aliphatic carbocycles. The Labute approximate surface area is 106 Å². The third-order valence-corrected chi connectivity index (χ3v) is 3.57. The van der Waals surface area contributed by atoms with Crippen molar-refractivity contribution >= 4 is 11.3 Å². The Morgan fingerprint density at radius 2 is 1.94 bits per heavy atom. The molecule has 0 aliphatic rings. The van der Waals surface area contributed by atoms with E-state index in [1.165, 1.54) is 10.4 Å². The van der Waals surface area contributed by atoms with Gasteiger partial charge in [-0.15, -0.1) is 11.3 Å². The Hall–Kier alpha value is -1.16. The van der Waals surface area contributed by atoms with E-state index in [1.54, 1.807) is 11.3 Å². The molecule has 0 radical (unpaired) electrons. The third-order valence-electron chi connectivity index (χ3n) is 2.69. The Morgan fingerprint density at radius 3 is 2.59 bits per heavy atom. The lowest BCUT2D eigenvalue weighted by molar-refractivity contribution is 0.241. The molecule has 2 aromatic rings. The van der Waals surface area contributed by atoms with Gasteiger partial charge in [-0.3, -0.25) is 0 Å². The van der Waals surface area contributed by atoms with Crippen LogP contribution in [0.3, 0.4) is 0 Å². The van der Waals surface area contributed by atoms with Crippen LogP contribution in [0.5, 0.6) is 0 Å². The summed E-state index contributed by atoms with van der Waals surface area (Å²) >= 11 is 1.74. The highest BCUT2D eigenvalue weighted by atomic mass is 32.1. The van der Waals surface area contributed by atoms with Gasteiger partial charge in [0.15, 0.2) is 0 Å². The summed E-state index contributed by atoms with van der Waals surface area (Å²) < 4.78 is 0. The second kappa shape index (κ2) is 6.55. The van der Waals surface area contributed by atoms with E-state index in [1.807, 2.05) is 24.3 Å². The van der Waals surface area contributed by atoms with E-state index in [2.05, 4.69) is 28.9 Å². The zero-order valence-electron chi connectivity index (χ0n) is 9.67. The summed E-state index contributed by atoms with van der Waals surface area (Å²) in [5.41, 5.74) is 1.25. The van der Waals surface area contributed by atoms with Crippen molar-refractivity contribution in [2.45, 2.75) is 19.0 Å². The van der Waals surface area contributed by atoms with Crippen LogP contribution in [0.1, 0.15) is 10.4 Å². The predicted molar refractivity (Wildman–Crippen MR) is 72.2 cm³/mol. The molecule has 17 heavy (non-hydrogen) atoms. The zero-order valence-corrected chi connectivity index (χ0v) is 10.5. The molecule has 0 unspecified atom stereocenters. The average molecular weight is 247 g/mol. The number of aliphatic hydroxyl groups excluding tert-OH is 1. The molecule has 0 saturated heterocycles. The normalized spacial score (nSPS) is 12.5. The third kappa shape index (κ3) is 3.97. The van der Waals surface area contributed by atoms with Crippen molar-refractivity contribution in [1.82, 2.24) is 5.32 Å². The maximum Gasteiger partial charge on any atom is 0.0587 e. The topological polar surface area (TPSA) is 32.3 Å². The van der Waals surface area contributed by atoms with Crippen LogP contribution in [-0.2, 0) is 13.0 Å². The van der Waals surface area contributed by atoms with E-state index < -0.39 is 0 Å². The van der Waals surface area contributed by atoms with Crippen LogP contribution in [0.15, 0.2) is 47.8 Å². The van der Waals surface area contributed by atoms with Gasteiger partial charge in [0.1, 0.15) is 0 Å². The van der Waals surface area contributed by atoms with Gasteiger partial charge in [0.25, 0.3) is 0 Å². The lowest BCUT2D eigenvalue weighted by Gasteiger charge is -2.15. The van der Waals surface area contributed by atoms with Crippen molar-refractivity contribution in [2.75, 3.05) is 6.61 Å². The second-order valence-corrected chi connectivity index (χ2v) is 5.06. The molecule has 1 atom stereocenters. The van der Waals surface area contributed by atoms with Crippen molar-refractivity contribution in [3.8, 4) is 0 Å². The summed E-state index contributed by atoms with van der Waals surface area (Å²) in [4.78, 5) is 1.30. The van der Waals surface area contributed by atoms with Crippen molar-refractivity contribution in [2.24, 2.45) is 0 Å². The number of benzene rings is 1. The molecule has 2 N–H and O–H groups in total. The number of thiophene rings is 1. The lowest BCUT2D eigenvalue weighted by Crippen LogP contribution is -2.33. The van der Waals surface area contributed by atoms with Crippen LogP contribution in [0.4, 0.5) is 0 Å². The smallest absolute Gasteiger partial charge is 0.0587 e. The van der Waals surface area contributed by atoms with Crippen molar-refractivity contribution in [3.05, 3.63) is 58.3 Å². The van der Waals surface area contributed by atoms with Crippen LogP contribution in [0.2, 0.25) is 0 Å². The summed E-state index contributed by atoms with van der Waals surface area (Å²) in [6.45, 7) is 0.996. The molecule has 90 valence electrons. The van der Waals surface area contributed by atoms with Gasteiger partial charge in [-0.25, -0.2) is 0 Å². The van der Waals surface area contributed by atoms with Crippen LogP contribution in [-0.4, -0.2) is 17.8 Å². The van der Waals surface area contributed by atoms with Crippen LogP contribution >= 0.6 is 11.3 Å². The first-order valence-corrected chi connectivity index (χ1v) is 6.67. The van der Waals surface area contributed by atoms with Gasteiger partial charge in [-0.2, -0.15) is 0 Å². The van der Waals surface area contributed by atoms with Gasteiger partial charge in [-0.05, 0) is 23.4 Å². The quantitative estimate of drug-likeness (QED) is 0.822. The van der Waals surface area contributed by atoms with E-state index in [9.17, 15) is 5.11 Å². The van der Waals surface area contributed by atoms with E-state index in [4.69, 9.17) is 0 Å². The van der Waals surface area contributed by atoms with Crippen LogP contribution in [0, 0.1) is 0 Å². The maximum atomic E-state index is 9.36. The molecule has 0 fully saturated rings. The summed E-state index contributed by atoms with van der Waals surface area (Å²) in [5.74, 6) is 0. The minimum Gasteiger partial charge on any atom is -0.395 e. The predicted octanol–water partition coefficient (Wildman–Crippen LogP) is 2.44. The molecule has 2 rings (SSSR count). The molecule has 0 spiro atoms. The molecule has 0 saturated carbocycles. The van der Waals surface area contributed by atoms with E-state index in [0.717, 1.165) is 13.0 Å². The Bertz CT molecular complexity index is 413. The number of hydrogen-bond donors (Lipinski definition) is 2. The standard InChI is InChI=1S/C14H17NOS/c16-11-13(9-12-5-2-1-3-6-12)15-10-14-7-4-8-17-14/h1-8,13,15-16H,9-11H2/t13-/m1/s1. The number of nitrogens with one attached hydrogen (secondary N) is 1. The monoisotopic (exact) mass is 247 g/mol. The lowest BCUT2D eigenvalue weighted by atomic mass is 10.1. The highest BCUT2D eigenvalue weighted by molar-refractivity contribution is 7.09. The van der Waals surface area contributed by atoms with Crippen LogP contribution < -0.4 is 5.32 Å². The van der Waals surface area contributed by atoms with E-state index in [-0.39, 0.29) is 12.6 Å². The summed E-state index contributed by atoms with van der Waals surface area (Å²) in [7, 11) is 0. The Balaban J connectivity index is 1.85. The summed E-state index contributed by atoms with van der Waals surface area (Å²) in [6.07, 6.45) is 0.864. The van der Waals surface area contributed by atoms with Gasteiger partial charge in [0.05, 0.1) is 6.61 Å². The average Bonchev–Trinajstić information content (AvgIpc) is 2.89.